The number of nitrogens with zero attached hydrogens (tertiary/aromatic N) is 1. The molecule has 0 heterocycles. The van der Waals surface area contributed by atoms with Crippen molar-refractivity contribution in [1.82, 2.24) is 4.90 Å². The molecule has 1 aromatic rings. The number of aliphatic hydroxyl groups is 1. The van der Waals surface area contributed by atoms with E-state index in [1.54, 1.807) is 18.9 Å². The van der Waals surface area contributed by atoms with Gasteiger partial charge in [0.1, 0.15) is 11.6 Å². The quantitative estimate of drug-likeness (QED) is 0.819. The highest BCUT2D eigenvalue weighted by Crippen LogP contribution is 2.28. The molecule has 0 spiro atoms. The second-order valence-electron chi connectivity index (χ2n) is 4.68. The Labute approximate surface area is 114 Å². The zero-order chi connectivity index (χ0) is 15.3. The van der Waals surface area contributed by atoms with E-state index in [1.165, 1.54) is 6.07 Å². The van der Waals surface area contributed by atoms with Gasteiger partial charge in [0, 0.05) is 24.7 Å². The first-order valence-electron chi connectivity index (χ1n) is 6.08. The third-order valence-electron chi connectivity index (χ3n) is 2.62. The van der Waals surface area contributed by atoms with E-state index in [4.69, 9.17) is 5.11 Å². The molecule has 0 aliphatic rings. The van der Waals surface area contributed by atoms with Gasteiger partial charge in [0.2, 0.25) is 0 Å². The summed E-state index contributed by atoms with van der Waals surface area (Å²) in [4.78, 5) is 1.73. The maximum atomic E-state index is 13.0. The summed E-state index contributed by atoms with van der Waals surface area (Å²) in [6.45, 7) is 2.29. The van der Waals surface area contributed by atoms with Gasteiger partial charge in [0.15, 0.2) is 0 Å². The van der Waals surface area contributed by atoms with Gasteiger partial charge >= 0.3 is 6.36 Å². The molecule has 0 saturated heterocycles. The van der Waals surface area contributed by atoms with Crippen LogP contribution in [0.2, 0.25) is 0 Å². The predicted molar refractivity (Wildman–Crippen MR) is 65.7 cm³/mol. The van der Waals surface area contributed by atoms with Crippen LogP contribution in [-0.4, -0.2) is 36.1 Å². The van der Waals surface area contributed by atoms with Crippen LogP contribution in [0.3, 0.4) is 0 Å². The second kappa shape index (κ2) is 6.90. The summed E-state index contributed by atoms with van der Waals surface area (Å²) in [6.07, 6.45) is -4.86. The number of ether oxygens (including phenoxy) is 1. The lowest BCUT2D eigenvalue weighted by atomic mass is 10.1. The zero-order valence-electron chi connectivity index (χ0n) is 11.2. The lowest BCUT2D eigenvalue weighted by molar-refractivity contribution is -0.275. The number of rotatable bonds is 6. The molecule has 0 aliphatic heterocycles. The van der Waals surface area contributed by atoms with Crippen molar-refractivity contribution in [3.8, 4) is 5.75 Å². The lowest BCUT2D eigenvalue weighted by Crippen LogP contribution is -2.24. The summed E-state index contributed by atoms with van der Waals surface area (Å²) < 4.78 is 53.6. The third-order valence-corrected chi connectivity index (χ3v) is 2.62. The molecule has 20 heavy (non-hydrogen) atoms. The molecule has 0 bridgehead atoms. The SMILES string of the molecule is CC(O)CCN(C)Cc1ccc(F)cc1OC(F)(F)F. The van der Waals surface area contributed by atoms with Gasteiger partial charge in [-0.1, -0.05) is 6.07 Å². The molecule has 7 heteroatoms. The highest BCUT2D eigenvalue weighted by atomic mass is 19.4. The summed E-state index contributed by atoms with van der Waals surface area (Å²) in [5.74, 6) is -1.33. The van der Waals surface area contributed by atoms with E-state index in [2.05, 4.69) is 4.74 Å². The van der Waals surface area contributed by atoms with Crippen molar-refractivity contribution in [1.29, 1.82) is 0 Å². The van der Waals surface area contributed by atoms with Crippen molar-refractivity contribution < 1.29 is 27.4 Å². The molecule has 1 N–H and O–H groups in total. The summed E-state index contributed by atoms with van der Waals surface area (Å²) in [5.41, 5.74) is 0.233. The van der Waals surface area contributed by atoms with Gasteiger partial charge in [0.05, 0.1) is 6.10 Å². The van der Waals surface area contributed by atoms with E-state index in [-0.39, 0.29) is 12.1 Å². The largest absolute Gasteiger partial charge is 0.573 e. The fraction of sp³-hybridized carbons (Fsp3) is 0.538. The van der Waals surface area contributed by atoms with E-state index in [0.717, 1.165) is 6.07 Å². The molecule has 1 rings (SSSR count). The zero-order valence-corrected chi connectivity index (χ0v) is 11.2. The second-order valence-corrected chi connectivity index (χ2v) is 4.68. The van der Waals surface area contributed by atoms with Crippen molar-refractivity contribution in [3.05, 3.63) is 29.6 Å². The molecule has 1 aromatic carbocycles. The molecule has 0 aliphatic carbocycles. The van der Waals surface area contributed by atoms with Crippen molar-refractivity contribution >= 4 is 0 Å². The van der Waals surface area contributed by atoms with Crippen molar-refractivity contribution in [2.24, 2.45) is 0 Å². The Balaban J connectivity index is 2.78. The van der Waals surface area contributed by atoms with E-state index >= 15 is 0 Å². The Hall–Kier alpha value is -1.34. The summed E-state index contributed by atoms with van der Waals surface area (Å²) >= 11 is 0. The number of halogens is 4. The fourth-order valence-corrected chi connectivity index (χ4v) is 1.66. The minimum absolute atomic E-state index is 0.165. The maximum absolute atomic E-state index is 13.0. The van der Waals surface area contributed by atoms with Crippen LogP contribution in [0.4, 0.5) is 17.6 Å². The first-order chi connectivity index (χ1) is 9.17. The van der Waals surface area contributed by atoms with Crippen LogP contribution in [0.15, 0.2) is 18.2 Å². The molecule has 0 fully saturated rings. The van der Waals surface area contributed by atoms with Gasteiger partial charge < -0.3 is 14.7 Å². The van der Waals surface area contributed by atoms with Crippen molar-refractivity contribution in [2.45, 2.75) is 32.4 Å². The van der Waals surface area contributed by atoms with E-state index in [1.807, 2.05) is 0 Å². The van der Waals surface area contributed by atoms with Crippen LogP contribution in [-0.2, 0) is 6.54 Å². The molecule has 0 saturated carbocycles. The summed E-state index contributed by atoms with van der Waals surface area (Å²) in [6, 6.07) is 3.06. The molecule has 1 atom stereocenters. The van der Waals surface area contributed by atoms with Gasteiger partial charge in [-0.25, -0.2) is 4.39 Å². The van der Waals surface area contributed by atoms with E-state index < -0.39 is 24.0 Å². The van der Waals surface area contributed by atoms with Crippen LogP contribution in [0.25, 0.3) is 0 Å². The molecule has 0 radical (unpaired) electrons. The highest BCUT2D eigenvalue weighted by molar-refractivity contribution is 5.34. The minimum atomic E-state index is -4.86. The summed E-state index contributed by atoms with van der Waals surface area (Å²) in [7, 11) is 1.70. The monoisotopic (exact) mass is 295 g/mol. The van der Waals surface area contributed by atoms with Gasteiger partial charge in [0.25, 0.3) is 0 Å². The molecular weight excluding hydrogens is 278 g/mol. The average Bonchev–Trinajstić information content (AvgIpc) is 2.28. The van der Waals surface area contributed by atoms with Gasteiger partial charge in [-0.3, -0.25) is 0 Å². The topological polar surface area (TPSA) is 32.7 Å². The molecule has 114 valence electrons. The first kappa shape index (κ1) is 16.7. The number of alkyl halides is 3. The Morgan fingerprint density at radius 3 is 2.55 bits per heavy atom. The highest BCUT2D eigenvalue weighted by Gasteiger charge is 2.32. The van der Waals surface area contributed by atoms with Crippen LogP contribution in [0.1, 0.15) is 18.9 Å². The lowest BCUT2D eigenvalue weighted by Gasteiger charge is -2.20. The Morgan fingerprint density at radius 2 is 2.00 bits per heavy atom. The van der Waals surface area contributed by atoms with Crippen LogP contribution in [0, 0.1) is 5.82 Å². The van der Waals surface area contributed by atoms with E-state index in [0.29, 0.717) is 19.0 Å². The number of hydrogen-bond acceptors (Lipinski definition) is 3. The number of hydrogen-bond donors (Lipinski definition) is 1. The molecule has 0 amide bonds. The van der Waals surface area contributed by atoms with Crippen LogP contribution in [0.5, 0.6) is 5.75 Å². The smallest absolute Gasteiger partial charge is 0.405 e. The molecule has 1 unspecified atom stereocenters. The van der Waals surface area contributed by atoms with Crippen molar-refractivity contribution in [3.63, 3.8) is 0 Å². The van der Waals surface area contributed by atoms with Gasteiger partial charge in [-0.15, -0.1) is 13.2 Å². The maximum Gasteiger partial charge on any atom is 0.573 e. The number of benzene rings is 1. The van der Waals surface area contributed by atoms with Gasteiger partial charge in [-0.05, 0) is 26.5 Å². The number of aliphatic hydroxyl groups excluding tert-OH is 1. The normalized spacial score (nSPS) is 13.6. The van der Waals surface area contributed by atoms with Crippen molar-refractivity contribution in [2.75, 3.05) is 13.6 Å². The average molecular weight is 295 g/mol. The first-order valence-corrected chi connectivity index (χ1v) is 6.08. The summed E-state index contributed by atoms with van der Waals surface area (Å²) in [5, 5.41) is 9.16. The van der Waals surface area contributed by atoms with Gasteiger partial charge in [-0.2, -0.15) is 0 Å². The van der Waals surface area contributed by atoms with Crippen LogP contribution < -0.4 is 4.74 Å². The Morgan fingerprint density at radius 1 is 1.35 bits per heavy atom. The van der Waals surface area contributed by atoms with E-state index in [9.17, 15) is 17.6 Å². The minimum Gasteiger partial charge on any atom is -0.405 e. The third kappa shape index (κ3) is 6.21. The fourth-order valence-electron chi connectivity index (χ4n) is 1.66. The molecular formula is C13H17F4NO2. The molecule has 0 aromatic heterocycles. The Bertz CT molecular complexity index is 435. The predicted octanol–water partition coefficient (Wildman–Crippen LogP) is 2.93. The molecule has 3 nitrogen and oxygen atoms in total. The Kier molecular flexibility index (Phi) is 5.76. The standard InChI is InChI=1S/C13H17F4NO2/c1-9(19)5-6-18(2)8-10-3-4-11(14)7-12(10)20-13(15,16)17/h3-4,7,9,19H,5-6,8H2,1-2H3. The van der Waals surface area contributed by atoms with Crippen LogP contribution >= 0.6 is 0 Å².